The molecule has 9 nitrogen and oxygen atoms in total. The molecular weight excluding hydrogens is 458 g/mol. The molecule has 0 spiro atoms. The predicted octanol–water partition coefficient (Wildman–Crippen LogP) is 4.11. The van der Waals surface area contributed by atoms with E-state index in [1.54, 1.807) is 41.8 Å². The van der Waals surface area contributed by atoms with Crippen LogP contribution in [-0.2, 0) is 4.79 Å². The van der Waals surface area contributed by atoms with Gasteiger partial charge in [0.25, 0.3) is 5.91 Å². The van der Waals surface area contributed by atoms with Crippen molar-refractivity contribution in [1.82, 2.24) is 9.97 Å². The van der Waals surface area contributed by atoms with Crippen LogP contribution < -0.4 is 9.64 Å². The number of aromatic amines is 1. The van der Waals surface area contributed by atoms with Gasteiger partial charge in [0.15, 0.2) is 5.76 Å². The number of Topliss-reactive ketones (excluding diaryl/α,β-unsaturated/α-hetero) is 1. The van der Waals surface area contributed by atoms with Crippen molar-refractivity contribution in [3.63, 3.8) is 0 Å². The standard InChI is InChI=1S/C24H17N3O6S/c1-33-14-7-4-12(5-8-14)19-18(20(28)17-3-2-10-34-17)21(29)22(30)27(19)24-25-15-9-6-13(23(31)32)11-16(15)26-24/h2-11,19,29H,1H3,(H,25,26)(H,31,32). The number of thiophene rings is 1. The van der Waals surface area contributed by atoms with Crippen molar-refractivity contribution >= 4 is 46.0 Å². The van der Waals surface area contributed by atoms with Crippen LogP contribution in [0.25, 0.3) is 11.0 Å². The van der Waals surface area contributed by atoms with Crippen molar-refractivity contribution < 1.29 is 29.3 Å². The topological polar surface area (TPSA) is 133 Å². The molecule has 2 aromatic carbocycles. The molecule has 1 atom stereocenters. The van der Waals surface area contributed by atoms with E-state index >= 15 is 0 Å². The lowest BCUT2D eigenvalue weighted by Crippen LogP contribution is -2.31. The number of ketones is 1. The number of imidazole rings is 1. The number of nitrogens with one attached hydrogen (secondary N) is 1. The van der Waals surface area contributed by atoms with Gasteiger partial charge in [-0.25, -0.2) is 9.78 Å². The number of nitrogens with zero attached hydrogens (tertiary/aromatic N) is 2. The number of H-pyrrole nitrogens is 1. The summed E-state index contributed by atoms with van der Waals surface area (Å²) in [6.45, 7) is 0. The van der Waals surface area contributed by atoms with Crippen LogP contribution in [0.2, 0.25) is 0 Å². The average Bonchev–Trinajstić information content (AvgIpc) is 3.57. The number of ether oxygens (including phenoxy) is 1. The molecule has 5 rings (SSSR count). The lowest BCUT2D eigenvalue weighted by Gasteiger charge is -2.24. The molecule has 34 heavy (non-hydrogen) atoms. The van der Waals surface area contributed by atoms with Gasteiger partial charge in [0, 0.05) is 0 Å². The van der Waals surface area contributed by atoms with Crippen molar-refractivity contribution in [1.29, 1.82) is 0 Å². The molecule has 0 saturated carbocycles. The van der Waals surface area contributed by atoms with E-state index in [9.17, 15) is 24.6 Å². The number of amides is 1. The SMILES string of the molecule is COc1ccc(C2C(C(=O)c3cccs3)=C(O)C(=O)N2c2nc3ccc(C(=O)O)cc3[nH]2)cc1. The third-order valence-corrected chi connectivity index (χ3v) is 6.44. The van der Waals surface area contributed by atoms with E-state index in [0.29, 0.717) is 27.2 Å². The summed E-state index contributed by atoms with van der Waals surface area (Å²) < 4.78 is 5.22. The van der Waals surface area contributed by atoms with E-state index in [-0.39, 0.29) is 17.1 Å². The highest BCUT2D eigenvalue weighted by Crippen LogP contribution is 2.42. The highest BCUT2D eigenvalue weighted by molar-refractivity contribution is 7.12. The van der Waals surface area contributed by atoms with E-state index in [0.717, 1.165) is 0 Å². The van der Waals surface area contributed by atoms with E-state index in [4.69, 9.17) is 4.74 Å². The summed E-state index contributed by atoms with van der Waals surface area (Å²) in [7, 11) is 1.53. The highest BCUT2D eigenvalue weighted by Gasteiger charge is 2.46. The summed E-state index contributed by atoms with van der Waals surface area (Å²) >= 11 is 1.21. The van der Waals surface area contributed by atoms with Gasteiger partial charge < -0.3 is 19.9 Å². The Hall–Kier alpha value is -4.44. The molecular formula is C24H17N3O6S. The Kier molecular flexibility index (Phi) is 5.14. The number of carboxylic acid groups (broad SMARTS) is 1. The molecule has 1 unspecified atom stereocenters. The van der Waals surface area contributed by atoms with Gasteiger partial charge in [-0.3, -0.25) is 14.5 Å². The number of rotatable bonds is 6. The van der Waals surface area contributed by atoms with Gasteiger partial charge >= 0.3 is 5.97 Å². The first kappa shape index (κ1) is 21.4. The van der Waals surface area contributed by atoms with Gasteiger partial charge in [0.2, 0.25) is 11.7 Å². The maximum Gasteiger partial charge on any atom is 0.335 e. The number of benzene rings is 2. The minimum absolute atomic E-state index is 0.0525. The van der Waals surface area contributed by atoms with Crippen LogP contribution in [0.1, 0.15) is 31.6 Å². The van der Waals surface area contributed by atoms with E-state index < -0.39 is 29.5 Å². The number of fused-ring (bicyclic) bond motifs is 1. The molecule has 1 amide bonds. The van der Waals surface area contributed by atoms with Gasteiger partial charge in [-0.2, -0.15) is 0 Å². The van der Waals surface area contributed by atoms with Crippen LogP contribution in [0.4, 0.5) is 5.95 Å². The molecule has 0 fully saturated rings. The number of hydrogen-bond acceptors (Lipinski definition) is 7. The smallest absolute Gasteiger partial charge is 0.335 e. The van der Waals surface area contributed by atoms with Gasteiger partial charge in [-0.1, -0.05) is 18.2 Å². The number of carbonyl (C=O) groups excluding carboxylic acids is 2. The number of aromatic carboxylic acids is 1. The second kappa shape index (κ2) is 8.16. The minimum atomic E-state index is -1.10. The molecule has 0 bridgehead atoms. The number of aliphatic hydroxyl groups is 1. The number of methoxy groups -OCH3 is 1. The molecule has 3 N–H and O–H groups in total. The Morgan fingerprint density at radius 1 is 1.15 bits per heavy atom. The number of carbonyl (C=O) groups is 3. The van der Waals surface area contributed by atoms with Crippen LogP contribution in [0, 0.1) is 0 Å². The molecule has 170 valence electrons. The van der Waals surface area contributed by atoms with Crippen molar-refractivity contribution in [3.8, 4) is 5.75 Å². The number of anilines is 1. The average molecular weight is 475 g/mol. The fourth-order valence-corrected chi connectivity index (χ4v) is 4.62. The van der Waals surface area contributed by atoms with Crippen molar-refractivity contribution in [2.75, 3.05) is 12.0 Å². The summed E-state index contributed by atoms with van der Waals surface area (Å²) in [6.07, 6.45) is 0. The summed E-state index contributed by atoms with van der Waals surface area (Å²) in [5.74, 6) is -2.36. The van der Waals surface area contributed by atoms with Crippen LogP contribution in [-0.4, -0.2) is 45.0 Å². The quantitative estimate of drug-likeness (QED) is 0.357. The minimum Gasteiger partial charge on any atom is -0.503 e. The monoisotopic (exact) mass is 475 g/mol. The van der Waals surface area contributed by atoms with Gasteiger partial charge in [-0.05, 0) is 47.3 Å². The summed E-state index contributed by atoms with van der Waals surface area (Å²) in [6, 6.07) is 13.5. The van der Waals surface area contributed by atoms with Crippen LogP contribution in [0.5, 0.6) is 5.75 Å². The Bertz CT molecular complexity index is 1470. The molecule has 4 aromatic rings. The van der Waals surface area contributed by atoms with E-state index in [1.165, 1.54) is 41.5 Å². The lowest BCUT2D eigenvalue weighted by molar-refractivity contribution is -0.117. The van der Waals surface area contributed by atoms with Crippen molar-refractivity contribution in [2.24, 2.45) is 0 Å². The summed E-state index contributed by atoms with van der Waals surface area (Å²) in [5, 5.41) is 21.8. The highest BCUT2D eigenvalue weighted by atomic mass is 32.1. The Balaban J connectivity index is 1.66. The van der Waals surface area contributed by atoms with E-state index in [2.05, 4.69) is 9.97 Å². The fourth-order valence-electron chi connectivity index (χ4n) is 3.94. The molecule has 0 saturated heterocycles. The second-order valence-corrected chi connectivity index (χ2v) is 8.46. The number of aromatic nitrogens is 2. The molecule has 10 heteroatoms. The fraction of sp³-hybridized carbons (Fsp3) is 0.0833. The summed E-state index contributed by atoms with van der Waals surface area (Å²) in [4.78, 5) is 46.9. The van der Waals surface area contributed by atoms with Crippen molar-refractivity contribution in [2.45, 2.75) is 6.04 Å². The third-order valence-electron chi connectivity index (χ3n) is 5.57. The normalized spacial score (nSPS) is 15.9. The molecule has 3 heterocycles. The number of carboxylic acids is 1. The van der Waals surface area contributed by atoms with Gasteiger partial charge in [0.1, 0.15) is 5.75 Å². The first-order valence-electron chi connectivity index (χ1n) is 10.1. The number of hydrogen-bond donors (Lipinski definition) is 3. The predicted molar refractivity (Wildman–Crippen MR) is 125 cm³/mol. The first-order chi connectivity index (χ1) is 16.4. The molecule has 1 aliphatic rings. The largest absolute Gasteiger partial charge is 0.503 e. The maximum atomic E-state index is 13.3. The summed E-state index contributed by atoms with van der Waals surface area (Å²) in [5.41, 5.74) is 1.37. The number of aliphatic hydroxyl groups excluding tert-OH is 1. The van der Waals surface area contributed by atoms with Crippen molar-refractivity contribution in [3.05, 3.63) is 87.3 Å². The van der Waals surface area contributed by atoms with Crippen LogP contribution in [0.3, 0.4) is 0 Å². The molecule has 1 aliphatic heterocycles. The Morgan fingerprint density at radius 2 is 1.91 bits per heavy atom. The Morgan fingerprint density at radius 3 is 2.56 bits per heavy atom. The third kappa shape index (κ3) is 3.41. The first-order valence-corrected chi connectivity index (χ1v) is 11.0. The maximum absolute atomic E-state index is 13.3. The second-order valence-electron chi connectivity index (χ2n) is 7.52. The zero-order chi connectivity index (χ0) is 24.0. The zero-order valence-corrected chi connectivity index (χ0v) is 18.5. The molecule has 2 aromatic heterocycles. The zero-order valence-electron chi connectivity index (χ0n) is 17.7. The van der Waals surface area contributed by atoms with Gasteiger partial charge in [0.05, 0.1) is 40.2 Å². The lowest BCUT2D eigenvalue weighted by atomic mass is 9.95. The molecule has 0 aliphatic carbocycles. The van der Waals surface area contributed by atoms with Crippen LogP contribution in [0.15, 0.2) is 71.3 Å². The van der Waals surface area contributed by atoms with Gasteiger partial charge in [-0.15, -0.1) is 11.3 Å². The van der Waals surface area contributed by atoms with Crippen LogP contribution >= 0.6 is 11.3 Å². The Labute approximate surface area is 196 Å². The molecule has 0 radical (unpaired) electrons. The van der Waals surface area contributed by atoms with E-state index in [1.807, 2.05) is 0 Å².